The number of benzene rings is 1. The molecule has 0 saturated carbocycles. The van der Waals surface area contributed by atoms with Crippen LogP contribution in [-0.2, 0) is 11.3 Å². The van der Waals surface area contributed by atoms with Gasteiger partial charge in [-0.1, -0.05) is 42.5 Å². The summed E-state index contributed by atoms with van der Waals surface area (Å²) in [4.78, 5) is 11.8. The van der Waals surface area contributed by atoms with Gasteiger partial charge in [-0.3, -0.25) is 4.79 Å². The first-order valence-electron chi connectivity index (χ1n) is 6.43. The molecule has 4 nitrogen and oxygen atoms in total. The molecule has 0 spiro atoms. The number of carbonyl (C=O) groups is 1. The lowest BCUT2D eigenvalue weighted by atomic mass is 10.2. The summed E-state index contributed by atoms with van der Waals surface area (Å²) in [5.74, 6) is 0.215. The molecule has 0 bridgehead atoms. The number of allylic oxidation sites excluding steroid dienone is 2. The number of nitrogens with one attached hydrogen (secondary N) is 1. The highest BCUT2D eigenvalue weighted by Gasteiger charge is 2.07. The number of furan rings is 1. The number of nitrogens with zero attached hydrogens (tertiary/aromatic N) is 1. The van der Waals surface area contributed by atoms with Gasteiger partial charge in [-0.05, 0) is 23.8 Å². The van der Waals surface area contributed by atoms with E-state index in [4.69, 9.17) is 9.68 Å². The highest BCUT2D eigenvalue weighted by molar-refractivity contribution is 5.97. The van der Waals surface area contributed by atoms with Crippen LogP contribution in [0.2, 0.25) is 0 Å². The van der Waals surface area contributed by atoms with Gasteiger partial charge in [-0.2, -0.15) is 5.26 Å². The summed E-state index contributed by atoms with van der Waals surface area (Å²) in [5.41, 5.74) is 1.05. The molecule has 1 N–H and O–H groups in total. The smallest absolute Gasteiger partial charge is 0.262 e. The van der Waals surface area contributed by atoms with Crippen LogP contribution in [-0.4, -0.2) is 5.91 Å². The second-order valence-electron chi connectivity index (χ2n) is 4.22. The van der Waals surface area contributed by atoms with Crippen molar-refractivity contribution in [1.29, 1.82) is 5.26 Å². The topological polar surface area (TPSA) is 66.0 Å². The molecule has 2 rings (SSSR count). The zero-order chi connectivity index (χ0) is 14.9. The quantitative estimate of drug-likeness (QED) is 0.519. The normalized spacial score (nSPS) is 11.3. The lowest BCUT2D eigenvalue weighted by Crippen LogP contribution is -2.23. The summed E-state index contributed by atoms with van der Waals surface area (Å²) < 4.78 is 5.11. The summed E-state index contributed by atoms with van der Waals surface area (Å²) in [7, 11) is 0. The average Bonchev–Trinajstić information content (AvgIpc) is 3.04. The van der Waals surface area contributed by atoms with Crippen LogP contribution >= 0.6 is 0 Å². The van der Waals surface area contributed by atoms with E-state index in [2.05, 4.69) is 5.32 Å². The maximum Gasteiger partial charge on any atom is 0.262 e. The predicted octanol–water partition coefficient (Wildman–Crippen LogP) is 3.06. The maximum absolute atomic E-state index is 11.8. The van der Waals surface area contributed by atoms with E-state index in [1.54, 1.807) is 18.2 Å². The fourth-order valence-corrected chi connectivity index (χ4v) is 1.66. The van der Waals surface area contributed by atoms with E-state index in [9.17, 15) is 4.79 Å². The molecule has 0 atom stereocenters. The van der Waals surface area contributed by atoms with Crippen molar-refractivity contribution in [2.75, 3.05) is 0 Å². The fraction of sp³-hybridized carbons (Fsp3) is 0.0588. The average molecular weight is 278 g/mol. The van der Waals surface area contributed by atoms with Crippen LogP contribution < -0.4 is 5.32 Å². The van der Waals surface area contributed by atoms with Crippen molar-refractivity contribution in [2.24, 2.45) is 0 Å². The zero-order valence-corrected chi connectivity index (χ0v) is 11.3. The number of carbonyl (C=O) groups excluding carboxylic acids is 1. The molecule has 1 aromatic carbocycles. The lowest BCUT2D eigenvalue weighted by Gasteiger charge is -2.00. The van der Waals surface area contributed by atoms with E-state index in [1.807, 2.05) is 42.5 Å². The first-order chi connectivity index (χ1) is 10.3. The standard InChI is InChI=1S/C17H14N2O2/c18-12-15(9-4-8-14-6-2-1-3-7-14)17(20)19-13-16-10-5-11-21-16/h1-11H,13H2,(H,19,20)/b8-4+,15-9+. The van der Waals surface area contributed by atoms with E-state index < -0.39 is 5.91 Å². The number of hydrogen-bond donors (Lipinski definition) is 1. The van der Waals surface area contributed by atoms with Gasteiger partial charge in [0.05, 0.1) is 12.8 Å². The molecule has 21 heavy (non-hydrogen) atoms. The molecule has 2 aromatic rings. The SMILES string of the molecule is N#C/C(=C\C=C\c1ccccc1)C(=O)NCc1ccco1. The van der Waals surface area contributed by atoms with Gasteiger partial charge in [-0.15, -0.1) is 0 Å². The van der Waals surface area contributed by atoms with Crippen LogP contribution in [0.25, 0.3) is 6.08 Å². The van der Waals surface area contributed by atoms with Gasteiger partial charge in [0.2, 0.25) is 0 Å². The Hall–Kier alpha value is -3.06. The number of amides is 1. The van der Waals surface area contributed by atoms with E-state index in [-0.39, 0.29) is 12.1 Å². The van der Waals surface area contributed by atoms with Crippen molar-refractivity contribution in [3.05, 3.63) is 77.8 Å². The molecular formula is C17H14N2O2. The summed E-state index contributed by atoms with van der Waals surface area (Å²) in [6.07, 6.45) is 6.53. The van der Waals surface area contributed by atoms with E-state index in [0.717, 1.165) is 5.56 Å². The number of nitriles is 1. The largest absolute Gasteiger partial charge is 0.467 e. The van der Waals surface area contributed by atoms with Gasteiger partial charge in [-0.25, -0.2) is 0 Å². The minimum atomic E-state index is -0.424. The Morgan fingerprint density at radius 1 is 1.24 bits per heavy atom. The first-order valence-corrected chi connectivity index (χ1v) is 6.43. The highest BCUT2D eigenvalue weighted by atomic mass is 16.3. The molecule has 0 aliphatic rings. The molecule has 1 amide bonds. The Balaban J connectivity index is 1.95. The van der Waals surface area contributed by atoms with Crippen LogP contribution in [0, 0.1) is 11.3 Å². The lowest BCUT2D eigenvalue weighted by molar-refractivity contribution is -0.117. The van der Waals surface area contributed by atoms with E-state index in [1.165, 1.54) is 12.3 Å². The zero-order valence-electron chi connectivity index (χ0n) is 11.3. The van der Waals surface area contributed by atoms with Crippen LogP contribution in [0.4, 0.5) is 0 Å². The molecule has 1 aromatic heterocycles. The molecule has 0 saturated heterocycles. The molecule has 4 heteroatoms. The molecule has 0 fully saturated rings. The molecule has 0 radical (unpaired) electrons. The second-order valence-corrected chi connectivity index (χ2v) is 4.22. The van der Waals surface area contributed by atoms with Crippen molar-refractivity contribution in [3.63, 3.8) is 0 Å². The highest BCUT2D eigenvalue weighted by Crippen LogP contribution is 2.03. The molecule has 1 heterocycles. The third kappa shape index (κ3) is 4.51. The predicted molar refractivity (Wildman–Crippen MR) is 79.7 cm³/mol. The van der Waals surface area contributed by atoms with Crippen molar-refractivity contribution in [1.82, 2.24) is 5.32 Å². The van der Waals surface area contributed by atoms with Crippen LogP contribution in [0.3, 0.4) is 0 Å². The molecular weight excluding hydrogens is 264 g/mol. The monoisotopic (exact) mass is 278 g/mol. The molecule has 0 aliphatic carbocycles. The third-order valence-electron chi connectivity index (χ3n) is 2.72. The third-order valence-corrected chi connectivity index (χ3v) is 2.72. The van der Waals surface area contributed by atoms with Gasteiger partial charge in [0, 0.05) is 0 Å². The molecule has 0 unspecified atom stereocenters. The second kappa shape index (κ2) is 7.51. The van der Waals surface area contributed by atoms with Gasteiger partial charge >= 0.3 is 0 Å². The van der Waals surface area contributed by atoms with Crippen LogP contribution in [0.5, 0.6) is 0 Å². The Kier molecular flexibility index (Phi) is 5.13. The minimum Gasteiger partial charge on any atom is -0.467 e. The van der Waals surface area contributed by atoms with Crippen molar-refractivity contribution < 1.29 is 9.21 Å². The fourth-order valence-electron chi connectivity index (χ4n) is 1.66. The van der Waals surface area contributed by atoms with Crippen molar-refractivity contribution in [3.8, 4) is 6.07 Å². The first kappa shape index (κ1) is 14.4. The van der Waals surface area contributed by atoms with Crippen molar-refractivity contribution in [2.45, 2.75) is 6.54 Å². The summed E-state index contributed by atoms with van der Waals surface area (Å²) in [6, 6.07) is 15.0. The van der Waals surface area contributed by atoms with Crippen LogP contribution in [0.1, 0.15) is 11.3 Å². The number of rotatable bonds is 5. The van der Waals surface area contributed by atoms with Gasteiger partial charge in [0.15, 0.2) is 0 Å². The maximum atomic E-state index is 11.8. The van der Waals surface area contributed by atoms with Crippen molar-refractivity contribution >= 4 is 12.0 Å². The molecule has 0 aliphatic heterocycles. The van der Waals surface area contributed by atoms with Crippen LogP contribution in [0.15, 0.2) is 70.9 Å². The van der Waals surface area contributed by atoms with Gasteiger partial charge in [0.1, 0.15) is 17.4 Å². The Morgan fingerprint density at radius 2 is 2.05 bits per heavy atom. The summed E-state index contributed by atoms with van der Waals surface area (Å²) in [6.45, 7) is 0.257. The Bertz CT molecular complexity index is 677. The molecule has 104 valence electrons. The Morgan fingerprint density at radius 3 is 2.71 bits per heavy atom. The minimum absolute atomic E-state index is 0.0498. The van der Waals surface area contributed by atoms with E-state index >= 15 is 0 Å². The number of hydrogen-bond acceptors (Lipinski definition) is 3. The summed E-state index contributed by atoms with van der Waals surface area (Å²) >= 11 is 0. The van der Waals surface area contributed by atoms with Gasteiger partial charge < -0.3 is 9.73 Å². The summed E-state index contributed by atoms with van der Waals surface area (Å²) in [5, 5.41) is 11.6. The Labute approximate surface area is 123 Å². The van der Waals surface area contributed by atoms with E-state index in [0.29, 0.717) is 5.76 Å². The van der Waals surface area contributed by atoms with Gasteiger partial charge in [0.25, 0.3) is 5.91 Å².